The second kappa shape index (κ2) is 5.33. The van der Waals surface area contributed by atoms with Gasteiger partial charge in [0.15, 0.2) is 0 Å². The third kappa shape index (κ3) is 2.50. The standard InChI is InChI=1S/C16H16N2O2/c1-20-14-6-2-4-12(8-14)9-16(19)18-10-13-5-3-7-17-15(13)11-18/h2-8H,9-11H2,1H3. The SMILES string of the molecule is COc1cccc(CC(=O)N2Cc3cccnc3C2)c1. The summed E-state index contributed by atoms with van der Waals surface area (Å²) < 4.78 is 5.18. The predicted octanol–water partition coefficient (Wildman–Crippen LogP) is 2.18. The summed E-state index contributed by atoms with van der Waals surface area (Å²) in [7, 11) is 1.63. The highest BCUT2D eigenvalue weighted by Gasteiger charge is 2.23. The van der Waals surface area contributed by atoms with Crippen LogP contribution in [0.15, 0.2) is 42.6 Å². The van der Waals surface area contributed by atoms with E-state index in [0.717, 1.165) is 22.6 Å². The van der Waals surface area contributed by atoms with Gasteiger partial charge < -0.3 is 9.64 Å². The largest absolute Gasteiger partial charge is 0.497 e. The molecule has 0 saturated heterocycles. The lowest BCUT2D eigenvalue weighted by Gasteiger charge is -2.15. The van der Waals surface area contributed by atoms with Crippen LogP contribution in [-0.2, 0) is 24.3 Å². The highest BCUT2D eigenvalue weighted by molar-refractivity contribution is 5.79. The molecule has 102 valence electrons. The summed E-state index contributed by atoms with van der Waals surface area (Å²) >= 11 is 0. The Kier molecular flexibility index (Phi) is 3.37. The van der Waals surface area contributed by atoms with Crippen molar-refractivity contribution in [1.82, 2.24) is 9.88 Å². The molecule has 2 aromatic rings. The van der Waals surface area contributed by atoms with Crippen molar-refractivity contribution in [3.8, 4) is 5.75 Å². The van der Waals surface area contributed by atoms with Gasteiger partial charge in [0.25, 0.3) is 0 Å². The summed E-state index contributed by atoms with van der Waals surface area (Å²) in [6.07, 6.45) is 2.17. The van der Waals surface area contributed by atoms with Gasteiger partial charge in [-0.3, -0.25) is 9.78 Å². The van der Waals surface area contributed by atoms with Crippen LogP contribution in [0.3, 0.4) is 0 Å². The Balaban J connectivity index is 1.69. The zero-order valence-electron chi connectivity index (χ0n) is 11.4. The Morgan fingerprint density at radius 3 is 3.00 bits per heavy atom. The Morgan fingerprint density at radius 1 is 1.30 bits per heavy atom. The van der Waals surface area contributed by atoms with Crippen molar-refractivity contribution in [2.24, 2.45) is 0 Å². The number of benzene rings is 1. The van der Waals surface area contributed by atoms with E-state index >= 15 is 0 Å². The molecule has 0 aliphatic carbocycles. The molecule has 1 aromatic carbocycles. The molecule has 0 radical (unpaired) electrons. The molecule has 0 fully saturated rings. The first-order chi connectivity index (χ1) is 9.76. The monoisotopic (exact) mass is 268 g/mol. The minimum absolute atomic E-state index is 0.122. The van der Waals surface area contributed by atoms with Crippen LogP contribution in [0.25, 0.3) is 0 Å². The molecule has 20 heavy (non-hydrogen) atoms. The van der Waals surface area contributed by atoms with E-state index in [1.54, 1.807) is 13.3 Å². The van der Waals surface area contributed by atoms with Gasteiger partial charge in [0.1, 0.15) is 5.75 Å². The van der Waals surface area contributed by atoms with Crippen molar-refractivity contribution in [2.75, 3.05) is 7.11 Å². The smallest absolute Gasteiger partial charge is 0.227 e. The van der Waals surface area contributed by atoms with Gasteiger partial charge in [-0.15, -0.1) is 0 Å². The maximum atomic E-state index is 12.3. The summed E-state index contributed by atoms with van der Waals surface area (Å²) in [6.45, 7) is 1.27. The molecule has 4 nitrogen and oxygen atoms in total. The van der Waals surface area contributed by atoms with E-state index in [1.807, 2.05) is 41.3 Å². The van der Waals surface area contributed by atoms with Crippen LogP contribution in [0, 0.1) is 0 Å². The minimum atomic E-state index is 0.122. The van der Waals surface area contributed by atoms with Gasteiger partial charge in [-0.25, -0.2) is 0 Å². The maximum Gasteiger partial charge on any atom is 0.227 e. The number of ether oxygens (including phenoxy) is 1. The van der Waals surface area contributed by atoms with E-state index in [9.17, 15) is 4.79 Å². The highest BCUT2D eigenvalue weighted by Crippen LogP contribution is 2.21. The number of hydrogen-bond donors (Lipinski definition) is 0. The quantitative estimate of drug-likeness (QED) is 0.857. The van der Waals surface area contributed by atoms with Gasteiger partial charge in [0.2, 0.25) is 5.91 Å². The lowest BCUT2D eigenvalue weighted by molar-refractivity contribution is -0.131. The first-order valence-electron chi connectivity index (χ1n) is 6.60. The Morgan fingerprint density at radius 2 is 2.20 bits per heavy atom. The lowest BCUT2D eigenvalue weighted by Crippen LogP contribution is -2.26. The van der Waals surface area contributed by atoms with Crippen LogP contribution in [0.2, 0.25) is 0 Å². The molecule has 0 N–H and O–H groups in total. The molecular weight excluding hydrogens is 252 g/mol. The second-order valence-corrected chi connectivity index (χ2v) is 4.89. The molecule has 0 saturated carbocycles. The Bertz CT molecular complexity index is 615. The topological polar surface area (TPSA) is 42.4 Å². The number of aromatic nitrogens is 1. The lowest BCUT2D eigenvalue weighted by atomic mass is 10.1. The molecule has 3 rings (SSSR count). The molecule has 0 unspecified atom stereocenters. The number of nitrogens with zero attached hydrogens (tertiary/aromatic N) is 2. The summed E-state index contributed by atoms with van der Waals surface area (Å²) in [6, 6.07) is 11.6. The zero-order valence-corrected chi connectivity index (χ0v) is 11.4. The molecule has 2 heterocycles. The number of rotatable bonds is 3. The van der Waals surface area contributed by atoms with Gasteiger partial charge in [-0.2, -0.15) is 0 Å². The molecule has 1 aliphatic heterocycles. The molecule has 0 bridgehead atoms. The number of methoxy groups -OCH3 is 1. The van der Waals surface area contributed by atoms with Crippen LogP contribution in [0.4, 0.5) is 0 Å². The van der Waals surface area contributed by atoms with E-state index in [-0.39, 0.29) is 5.91 Å². The van der Waals surface area contributed by atoms with Gasteiger partial charge in [0.05, 0.1) is 25.8 Å². The third-order valence-electron chi connectivity index (χ3n) is 3.53. The fourth-order valence-electron chi connectivity index (χ4n) is 2.45. The van der Waals surface area contributed by atoms with Crippen molar-refractivity contribution in [3.05, 3.63) is 59.4 Å². The van der Waals surface area contributed by atoms with Gasteiger partial charge >= 0.3 is 0 Å². The van der Waals surface area contributed by atoms with Crippen molar-refractivity contribution >= 4 is 5.91 Å². The summed E-state index contributed by atoms with van der Waals surface area (Å²) in [4.78, 5) is 18.5. The van der Waals surface area contributed by atoms with Crippen LogP contribution < -0.4 is 4.74 Å². The van der Waals surface area contributed by atoms with Gasteiger partial charge in [-0.1, -0.05) is 18.2 Å². The number of pyridine rings is 1. The van der Waals surface area contributed by atoms with Crippen molar-refractivity contribution in [2.45, 2.75) is 19.5 Å². The zero-order chi connectivity index (χ0) is 13.9. The molecule has 0 spiro atoms. The number of hydrogen-bond acceptors (Lipinski definition) is 3. The number of carbonyl (C=O) groups excluding carboxylic acids is 1. The second-order valence-electron chi connectivity index (χ2n) is 4.89. The number of carbonyl (C=O) groups is 1. The normalized spacial score (nSPS) is 13.2. The van der Waals surface area contributed by atoms with Crippen LogP contribution in [-0.4, -0.2) is 22.9 Å². The molecule has 1 amide bonds. The first-order valence-corrected chi connectivity index (χ1v) is 6.60. The molecule has 0 atom stereocenters. The summed E-state index contributed by atoms with van der Waals surface area (Å²) in [5, 5.41) is 0. The minimum Gasteiger partial charge on any atom is -0.497 e. The average Bonchev–Trinajstić information content (AvgIpc) is 2.91. The number of fused-ring (bicyclic) bond motifs is 1. The van der Waals surface area contributed by atoms with Gasteiger partial charge in [-0.05, 0) is 29.3 Å². The van der Waals surface area contributed by atoms with Crippen LogP contribution >= 0.6 is 0 Å². The fraction of sp³-hybridized carbons (Fsp3) is 0.250. The molecular formula is C16H16N2O2. The van der Waals surface area contributed by atoms with Crippen LogP contribution in [0.1, 0.15) is 16.8 Å². The first kappa shape index (κ1) is 12.7. The average molecular weight is 268 g/mol. The van der Waals surface area contributed by atoms with Crippen molar-refractivity contribution in [1.29, 1.82) is 0 Å². The van der Waals surface area contributed by atoms with E-state index < -0.39 is 0 Å². The number of amides is 1. The van der Waals surface area contributed by atoms with E-state index in [4.69, 9.17) is 4.74 Å². The predicted molar refractivity (Wildman–Crippen MR) is 75.2 cm³/mol. The van der Waals surface area contributed by atoms with Crippen molar-refractivity contribution in [3.63, 3.8) is 0 Å². The van der Waals surface area contributed by atoms with E-state index in [0.29, 0.717) is 19.5 Å². The summed E-state index contributed by atoms with van der Waals surface area (Å²) in [5.41, 5.74) is 3.12. The Hall–Kier alpha value is -2.36. The van der Waals surface area contributed by atoms with E-state index in [2.05, 4.69) is 4.98 Å². The van der Waals surface area contributed by atoms with Crippen molar-refractivity contribution < 1.29 is 9.53 Å². The fourth-order valence-corrected chi connectivity index (χ4v) is 2.45. The summed E-state index contributed by atoms with van der Waals surface area (Å²) in [5.74, 6) is 0.901. The van der Waals surface area contributed by atoms with E-state index in [1.165, 1.54) is 0 Å². The third-order valence-corrected chi connectivity index (χ3v) is 3.53. The molecule has 1 aliphatic rings. The van der Waals surface area contributed by atoms with Gasteiger partial charge in [0, 0.05) is 12.7 Å². The maximum absolute atomic E-state index is 12.3. The molecule has 4 heteroatoms. The molecule has 1 aromatic heterocycles. The Labute approximate surface area is 118 Å². The van der Waals surface area contributed by atoms with Crippen LogP contribution in [0.5, 0.6) is 5.75 Å². The highest BCUT2D eigenvalue weighted by atomic mass is 16.5.